The van der Waals surface area contributed by atoms with Crippen LogP contribution in [0.15, 0.2) is 17.4 Å². The van der Waals surface area contributed by atoms with E-state index in [4.69, 9.17) is 15.6 Å². The van der Waals surface area contributed by atoms with Crippen molar-refractivity contribution in [2.45, 2.75) is 37.0 Å². The van der Waals surface area contributed by atoms with Crippen LogP contribution in [0.1, 0.15) is 12.6 Å². The first-order valence-corrected chi connectivity index (χ1v) is 9.03. The normalized spacial score (nSPS) is 27.0. The molecule has 12 heteroatoms. The summed E-state index contributed by atoms with van der Waals surface area (Å²) in [5.41, 5.74) is 5.37. The van der Waals surface area contributed by atoms with Crippen molar-refractivity contribution < 1.29 is 24.9 Å². The Morgan fingerprint density at radius 2 is 2.19 bits per heavy atom. The number of aromatic nitrogens is 4. The number of nitrogens with one attached hydrogen (secondary N) is 1. The summed E-state index contributed by atoms with van der Waals surface area (Å²) in [7, 11) is 0. The Labute approximate surface area is 151 Å². The number of carbonyl (C=O) groups is 1. The maximum atomic E-state index is 11.7. The summed E-state index contributed by atoms with van der Waals surface area (Å²) >= 11 is 1.37. The van der Waals surface area contributed by atoms with Gasteiger partial charge in [0, 0.05) is 5.75 Å². The van der Waals surface area contributed by atoms with Crippen molar-refractivity contribution in [1.82, 2.24) is 19.5 Å². The van der Waals surface area contributed by atoms with E-state index in [0.717, 1.165) is 0 Å². The van der Waals surface area contributed by atoms with E-state index >= 15 is 0 Å². The molecule has 0 bridgehead atoms. The van der Waals surface area contributed by atoms with Gasteiger partial charge in [0.25, 0.3) is 5.56 Å². The number of aromatic amines is 1. The molecule has 6 N–H and O–H groups in total. The average Bonchev–Trinajstić information content (AvgIpc) is 3.15. The standard InChI is InChI=1S/C14H19N5O6S/c15-6(14(23)24)1-2-26-3-7-9(20)10(21)13(25-7)19-5-18-8-11(19)16-4-17-12(8)22/h4-7,9-10,13,20-21H,1-3,15H2,(H,23,24)(H,16,17,22). The number of H-pyrrole nitrogens is 1. The number of carboxylic acids is 1. The number of nitrogens with two attached hydrogens (primary N) is 1. The third kappa shape index (κ3) is 3.59. The molecule has 5 atom stereocenters. The van der Waals surface area contributed by atoms with Crippen LogP contribution in [-0.2, 0) is 9.53 Å². The van der Waals surface area contributed by atoms with Crippen molar-refractivity contribution >= 4 is 28.9 Å². The molecule has 0 radical (unpaired) electrons. The molecule has 0 amide bonds. The van der Waals surface area contributed by atoms with Crippen LogP contribution >= 0.6 is 11.8 Å². The highest BCUT2D eigenvalue weighted by molar-refractivity contribution is 7.99. The number of imidazole rings is 1. The highest BCUT2D eigenvalue weighted by Crippen LogP contribution is 2.32. The predicted molar refractivity (Wildman–Crippen MR) is 91.6 cm³/mol. The summed E-state index contributed by atoms with van der Waals surface area (Å²) < 4.78 is 7.14. The molecule has 0 aromatic carbocycles. The van der Waals surface area contributed by atoms with E-state index in [9.17, 15) is 19.8 Å². The first kappa shape index (κ1) is 18.8. The van der Waals surface area contributed by atoms with Gasteiger partial charge < -0.3 is 30.8 Å². The van der Waals surface area contributed by atoms with E-state index in [1.165, 1.54) is 29.0 Å². The number of rotatable bonds is 7. The van der Waals surface area contributed by atoms with Crippen LogP contribution in [0.4, 0.5) is 0 Å². The molecule has 5 unspecified atom stereocenters. The molecule has 2 aromatic heterocycles. The summed E-state index contributed by atoms with van der Waals surface area (Å²) in [4.78, 5) is 32.8. The summed E-state index contributed by atoms with van der Waals surface area (Å²) in [6.45, 7) is 0. The Morgan fingerprint density at radius 3 is 2.92 bits per heavy atom. The summed E-state index contributed by atoms with van der Waals surface area (Å²) in [5.74, 6) is -0.235. The fraction of sp³-hybridized carbons (Fsp3) is 0.571. The molecule has 1 fully saturated rings. The second kappa shape index (κ2) is 7.72. The molecule has 0 aliphatic carbocycles. The van der Waals surface area contributed by atoms with Gasteiger partial charge in [-0.15, -0.1) is 0 Å². The van der Waals surface area contributed by atoms with Crippen molar-refractivity contribution in [2.24, 2.45) is 5.73 Å². The van der Waals surface area contributed by atoms with Crippen LogP contribution in [0.25, 0.3) is 11.2 Å². The Balaban J connectivity index is 1.65. The lowest BCUT2D eigenvalue weighted by Gasteiger charge is -2.16. The number of aliphatic carboxylic acids is 1. The molecule has 0 saturated carbocycles. The highest BCUT2D eigenvalue weighted by Gasteiger charge is 2.44. The lowest BCUT2D eigenvalue weighted by atomic mass is 10.1. The van der Waals surface area contributed by atoms with Gasteiger partial charge in [0.15, 0.2) is 17.4 Å². The van der Waals surface area contributed by atoms with Gasteiger partial charge in [-0.1, -0.05) is 0 Å². The van der Waals surface area contributed by atoms with Crippen molar-refractivity contribution in [2.75, 3.05) is 11.5 Å². The molecule has 3 rings (SSSR count). The smallest absolute Gasteiger partial charge is 0.320 e. The zero-order chi connectivity index (χ0) is 18.8. The maximum absolute atomic E-state index is 11.7. The molecule has 2 aromatic rings. The largest absolute Gasteiger partial charge is 0.480 e. The molecule has 1 aliphatic heterocycles. The molecular formula is C14H19N5O6S. The minimum absolute atomic E-state index is 0.110. The van der Waals surface area contributed by atoms with Gasteiger partial charge in [0.05, 0.1) is 18.8 Å². The molecule has 3 heterocycles. The van der Waals surface area contributed by atoms with Gasteiger partial charge in [0.1, 0.15) is 18.2 Å². The van der Waals surface area contributed by atoms with Gasteiger partial charge in [-0.3, -0.25) is 14.2 Å². The molecule has 1 aliphatic rings. The fourth-order valence-electron chi connectivity index (χ4n) is 2.68. The number of fused-ring (bicyclic) bond motifs is 1. The molecule has 1 saturated heterocycles. The minimum Gasteiger partial charge on any atom is -0.480 e. The quantitative estimate of drug-likeness (QED) is 0.344. The minimum atomic E-state index is -1.22. The Hall–Kier alpha value is -1.99. The monoisotopic (exact) mass is 385 g/mol. The third-order valence-corrected chi connectivity index (χ3v) is 5.24. The maximum Gasteiger partial charge on any atom is 0.320 e. The first-order valence-electron chi connectivity index (χ1n) is 7.88. The molecule has 26 heavy (non-hydrogen) atoms. The summed E-state index contributed by atoms with van der Waals surface area (Å²) in [6, 6.07) is -0.934. The van der Waals surface area contributed by atoms with Crippen LogP contribution < -0.4 is 11.3 Å². The van der Waals surface area contributed by atoms with Crippen molar-refractivity contribution in [3.05, 3.63) is 23.0 Å². The van der Waals surface area contributed by atoms with Crippen LogP contribution in [0, 0.1) is 0 Å². The van der Waals surface area contributed by atoms with E-state index < -0.39 is 42.1 Å². The van der Waals surface area contributed by atoms with E-state index in [-0.39, 0.29) is 17.6 Å². The van der Waals surface area contributed by atoms with Gasteiger partial charge in [-0.25, -0.2) is 9.97 Å². The second-order valence-electron chi connectivity index (χ2n) is 5.91. The lowest BCUT2D eigenvalue weighted by molar-refractivity contribution is -0.138. The van der Waals surface area contributed by atoms with E-state index in [1.54, 1.807) is 0 Å². The second-order valence-corrected chi connectivity index (χ2v) is 7.06. The Morgan fingerprint density at radius 1 is 1.42 bits per heavy atom. The fourth-order valence-corrected chi connectivity index (χ4v) is 3.77. The van der Waals surface area contributed by atoms with Gasteiger partial charge in [-0.05, 0) is 12.2 Å². The van der Waals surface area contributed by atoms with Crippen LogP contribution in [0.2, 0.25) is 0 Å². The average molecular weight is 385 g/mol. The van der Waals surface area contributed by atoms with E-state index in [0.29, 0.717) is 11.5 Å². The summed E-state index contributed by atoms with van der Waals surface area (Å²) in [5, 5.41) is 29.3. The highest BCUT2D eigenvalue weighted by atomic mass is 32.2. The number of aliphatic hydroxyl groups excluding tert-OH is 2. The van der Waals surface area contributed by atoms with Gasteiger partial charge in [-0.2, -0.15) is 11.8 Å². The van der Waals surface area contributed by atoms with Crippen LogP contribution in [-0.4, -0.2) is 76.7 Å². The summed E-state index contributed by atoms with van der Waals surface area (Å²) in [6.07, 6.45) is -1.13. The number of thioether (sulfide) groups is 1. The van der Waals surface area contributed by atoms with Crippen LogP contribution in [0.3, 0.4) is 0 Å². The van der Waals surface area contributed by atoms with Crippen molar-refractivity contribution in [1.29, 1.82) is 0 Å². The third-order valence-electron chi connectivity index (χ3n) is 4.15. The number of nitrogens with zero attached hydrogens (tertiary/aromatic N) is 3. The molecule has 11 nitrogen and oxygen atoms in total. The predicted octanol–water partition coefficient (Wildman–Crippen LogP) is -1.73. The number of ether oxygens (including phenoxy) is 1. The van der Waals surface area contributed by atoms with Gasteiger partial charge in [0.2, 0.25) is 0 Å². The van der Waals surface area contributed by atoms with E-state index in [1.807, 2.05) is 0 Å². The number of carboxylic acid groups (broad SMARTS) is 1. The van der Waals surface area contributed by atoms with E-state index in [2.05, 4.69) is 15.0 Å². The number of aliphatic hydroxyl groups is 2. The molecule has 142 valence electrons. The molecular weight excluding hydrogens is 366 g/mol. The topological polar surface area (TPSA) is 177 Å². The SMILES string of the molecule is NC(CCSCC1OC(n2cnc3c(=O)[nH]cnc32)C(O)C1O)C(=O)O. The molecule has 0 spiro atoms. The first-order chi connectivity index (χ1) is 12.4. The zero-order valence-corrected chi connectivity index (χ0v) is 14.4. The number of hydrogen-bond donors (Lipinski definition) is 5. The van der Waals surface area contributed by atoms with Crippen molar-refractivity contribution in [3.63, 3.8) is 0 Å². The number of hydrogen-bond acceptors (Lipinski definition) is 9. The lowest BCUT2D eigenvalue weighted by Crippen LogP contribution is -2.33. The Kier molecular flexibility index (Phi) is 5.58. The van der Waals surface area contributed by atoms with Crippen LogP contribution in [0.5, 0.6) is 0 Å². The Bertz CT molecular complexity index is 841. The van der Waals surface area contributed by atoms with Gasteiger partial charge >= 0.3 is 5.97 Å². The van der Waals surface area contributed by atoms with Crippen molar-refractivity contribution in [3.8, 4) is 0 Å². The zero-order valence-electron chi connectivity index (χ0n) is 13.6.